The molecule has 3 aliphatic rings. The molecule has 2 nitrogen and oxygen atoms in total. The highest BCUT2D eigenvalue weighted by Crippen LogP contribution is 2.39. The molecule has 96 valence electrons. The third-order valence-electron chi connectivity index (χ3n) is 4.65. The quantitative estimate of drug-likeness (QED) is 0.650. The second-order valence-corrected chi connectivity index (χ2v) is 5.40. The van der Waals surface area contributed by atoms with Gasteiger partial charge < -0.3 is 9.47 Å². The minimum Gasteiger partial charge on any atom is -0.372 e. The van der Waals surface area contributed by atoms with Crippen molar-refractivity contribution in [1.29, 1.82) is 0 Å². The summed E-state index contributed by atoms with van der Waals surface area (Å²) >= 11 is 0. The van der Waals surface area contributed by atoms with E-state index in [1.54, 1.807) is 0 Å². The molecule has 2 heterocycles. The summed E-state index contributed by atoms with van der Waals surface area (Å²) in [4.78, 5) is 0. The molecule has 0 N–H and O–H groups in total. The molecular weight excluding hydrogens is 224 g/mol. The highest BCUT2D eigenvalue weighted by atomic mass is 16.5. The second kappa shape index (κ2) is 4.22. The van der Waals surface area contributed by atoms with E-state index in [1.165, 1.54) is 44.6 Å². The molecular formula is C16H20O2. The minimum absolute atomic E-state index is 0.757. The zero-order chi connectivity index (χ0) is 12.9. The summed E-state index contributed by atoms with van der Waals surface area (Å²) in [7, 11) is 0. The molecule has 0 bridgehead atoms. The molecule has 0 amide bonds. The first-order valence-electron chi connectivity index (χ1n) is 6.57. The van der Waals surface area contributed by atoms with E-state index < -0.39 is 0 Å². The lowest BCUT2D eigenvalue weighted by molar-refractivity contribution is 0.204. The first-order chi connectivity index (χ1) is 8.61. The molecule has 0 aromatic rings. The molecule has 0 radical (unpaired) electrons. The molecule has 2 aliphatic heterocycles. The van der Waals surface area contributed by atoms with Gasteiger partial charge in [0.05, 0.1) is 26.4 Å². The third kappa shape index (κ3) is 1.56. The van der Waals surface area contributed by atoms with Crippen molar-refractivity contribution >= 4 is 0 Å². The molecule has 0 saturated heterocycles. The fourth-order valence-corrected chi connectivity index (χ4v) is 3.10. The largest absolute Gasteiger partial charge is 0.372 e. The van der Waals surface area contributed by atoms with E-state index in [2.05, 4.69) is 27.7 Å². The Morgan fingerprint density at radius 2 is 0.722 bits per heavy atom. The fraction of sp³-hybridized carbons (Fsp3) is 0.500. The molecule has 0 unspecified atom stereocenters. The van der Waals surface area contributed by atoms with E-state index in [0.717, 1.165) is 26.4 Å². The van der Waals surface area contributed by atoms with Crippen LogP contribution in [0.15, 0.2) is 44.6 Å². The lowest BCUT2D eigenvalue weighted by Crippen LogP contribution is -2.05. The van der Waals surface area contributed by atoms with Crippen molar-refractivity contribution in [2.75, 3.05) is 26.4 Å². The van der Waals surface area contributed by atoms with Crippen LogP contribution in [-0.2, 0) is 9.47 Å². The predicted molar refractivity (Wildman–Crippen MR) is 72.4 cm³/mol. The van der Waals surface area contributed by atoms with Crippen LogP contribution in [0, 0.1) is 0 Å². The Morgan fingerprint density at radius 3 is 0.944 bits per heavy atom. The van der Waals surface area contributed by atoms with Crippen molar-refractivity contribution in [3.63, 3.8) is 0 Å². The van der Waals surface area contributed by atoms with Gasteiger partial charge in [-0.3, -0.25) is 0 Å². The number of ether oxygens (including phenoxy) is 2. The van der Waals surface area contributed by atoms with Gasteiger partial charge in [-0.05, 0) is 72.3 Å². The zero-order valence-electron chi connectivity index (χ0n) is 11.6. The number of rotatable bonds is 0. The smallest absolute Gasteiger partial charge is 0.0727 e. The maximum absolute atomic E-state index is 5.67. The van der Waals surface area contributed by atoms with Crippen LogP contribution in [0.4, 0.5) is 0 Å². The maximum Gasteiger partial charge on any atom is 0.0727 e. The minimum atomic E-state index is 0.757. The molecule has 0 saturated carbocycles. The van der Waals surface area contributed by atoms with Crippen LogP contribution in [0.2, 0.25) is 0 Å². The summed E-state index contributed by atoms with van der Waals surface area (Å²) in [6, 6.07) is 0. The van der Waals surface area contributed by atoms with Gasteiger partial charge in [-0.1, -0.05) is 0 Å². The highest BCUT2D eigenvalue weighted by molar-refractivity contribution is 5.60. The van der Waals surface area contributed by atoms with Gasteiger partial charge in [-0.2, -0.15) is 0 Å². The molecule has 0 aromatic carbocycles. The third-order valence-corrected chi connectivity index (χ3v) is 4.65. The van der Waals surface area contributed by atoms with Gasteiger partial charge in [0.1, 0.15) is 0 Å². The second-order valence-electron chi connectivity index (χ2n) is 5.40. The van der Waals surface area contributed by atoms with Crippen molar-refractivity contribution in [2.45, 2.75) is 27.7 Å². The van der Waals surface area contributed by atoms with Crippen molar-refractivity contribution in [3.05, 3.63) is 44.6 Å². The van der Waals surface area contributed by atoms with E-state index in [0.29, 0.717) is 0 Å². The normalized spacial score (nSPS) is 32.7. The van der Waals surface area contributed by atoms with E-state index in [-0.39, 0.29) is 0 Å². The van der Waals surface area contributed by atoms with Gasteiger partial charge >= 0.3 is 0 Å². The molecule has 18 heavy (non-hydrogen) atoms. The van der Waals surface area contributed by atoms with Crippen LogP contribution < -0.4 is 0 Å². The van der Waals surface area contributed by atoms with Crippen LogP contribution in [0.25, 0.3) is 0 Å². The molecule has 1 aliphatic carbocycles. The van der Waals surface area contributed by atoms with Crippen LogP contribution in [0.5, 0.6) is 0 Å². The van der Waals surface area contributed by atoms with Crippen molar-refractivity contribution in [2.24, 2.45) is 0 Å². The Morgan fingerprint density at radius 1 is 0.500 bits per heavy atom. The van der Waals surface area contributed by atoms with Crippen molar-refractivity contribution in [1.82, 2.24) is 0 Å². The summed E-state index contributed by atoms with van der Waals surface area (Å²) in [6.07, 6.45) is 0. The molecule has 0 spiro atoms. The van der Waals surface area contributed by atoms with Gasteiger partial charge in [0.2, 0.25) is 0 Å². The molecule has 0 atom stereocenters. The van der Waals surface area contributed by atoms with Crippen LogP contribution in [0.1, 0.15) is 27.7 Å². The summed E-state index contributed by atoms with van der Waals surface area (Å²) in [5, 5.41) is 0. The maximum atomic E-state index is 5.67. The summed E-state index contributed by atoms with van der Waals surface area (Å²) in [5.41, 5.74) is 11.1. The van der Waals surface area contributed by atoms with Gasteiger partial charge in [0.25, 0.3) is 0 Å². The first kappa shape index (κ1) is 11.9. The Balaban J connectivity index is 2.27. The standard InChI is InChI=1S/C16H20O2/c1-9-10(2)14-6-18-8-16(14)12(4)11(3)15-7-17-5-13(9)15/h5-8H2,1-4H3/b10-9-,12-11-,13-9?,14-10?,15-11?,16-12?. The molecule has 3 rings (SSSR count). The molecule has 2 heteroatoms. The lowest BCUT2D eigenvalue weighted by Gasteiger charge is -2.19. The van der Waals surface area contributed by atoms with Gasteiger partial charge in [-0.25, -0.2) is 0 Å². The Bertz CT molecular complexity index is 447. The van der Waals surface area contributed by atoms with E-state index in [1.807, 2.05) is 0 Å². The zero-order valence-corrected chi connectivity index (χ0v) is 11.6. The Labute approximate surface area is 109 Å². The van der Waals surface area contributed by atoms with Crippen LogP contribution in [-0.4, -0.2) is 26.4 Å². The van der Waals surface area contributed by atoms with Gasteiger partial charge in [-0.15, -0.1) is 0 Å². The van der Waals surface area contributed by atoms with Crippen molar-refractivity contribution in [3.8, 4) is 0 Å². The van der Waals surface area contributed by atoms with Crippen LogP contribution >= 0.6 is 0 Å². The number of hydrogen-bond acceptors (Lipinski definition) is 2. The van der Waals surface area contributed by atoms with Crippen LogP contribution in [0.3, 0.4) is 0 Å². The Kier molecular flexibility index (Phi) is 2.80. The predicted octanol–water partition coefficient (Wildman–Crippen LogP) is 3.33. The highest BCUT2D eigenvalue weighted by Gasteiger charge is 2.27. The topological polar surface area (TPSA) is 18.5 Å². The van der Waals surface area contributed by atoms with E-state index in [9.17, 15) is 0 Å². The summed E-state index contributed by atoms with van der Waals surface area (Å²) in [5.74, 6) is 0. The Hall–Kier alpha value is -1.12. The van der Waals surface area contributed by atoms with E-state index >= 15 is 0 Å². The van der Waals surface area contributed by atoms with Gasteiger partial charge in [0, 0.05) is 0 Å². The monoisotopic (exact) mass is 244 g/mol. The van der Waals surface area contributed by atoms with E-state index in [4.69, 9.17) is 9.47 Å². The van der Waals surface area contributed by atoms with Crippen molar-refractivity contribution < 1.29 is 9.47 Å². The average molecular weight is 244 g/mol. The summed E-state index contributed by atoms with van der Waals surface area (Å²) < 4.78 is 11.3. The number of hydrogen-bond donors (Lipinski definition) is 0. The first-order valence-corrected chi connectivity index (χ1v) is 6.57. The molecule has 0 fully saturated rings. The van der Waals surface area contributed by atoms with Gasteiger partial charge in [0.15, 0.2) is 0 Å². The summed E-state index contributed by atoms with van der Waals surface area (Å²) in [6.45, 7) is 11.9. The fourth-order valence-electron chi connectivity index (χ4n) is 3.10. The lowest BCUT2D eigenvalue weighted by atomic mass is 9.84. The molecule has 0 aromatic heterocycles. The SMILES string of the molecule is C/C1=C(\C)C2=C(COC2)/C(C)=C(/C)C2=C1COC2. The average Bonchev–Trinajstić information content (AvgIpc) is 3.02.